The van der Waals surface area contributed by atoms with Gasteiger partial charge in [0, 0.05) is 23.3 Å². The van der Waals surface area contributed by atoms with Crippen LogP contribution >= 0.6 is 11.6 Å². The largest absolute Gasteiger partial charge is 0.478 e. The van der Waals surface area contributed by atoms with Gasteiger partial charge >= 0.3 is 5.97 Å². The molecule has 3 nitrogen and oxygen atoms in total. The Morgan fingerprint density at radius 2 is 2.33 bits per heavy atom. The Morgan fingerprint density at radius 1 is 1.60 bits per heavy atom. The second-order valence-electron chi connectivity index (χ2n) is 3.11. The highest BCUT2D eigenvalue weighted by atomic mass is 35.5. The van der Waals surface area contributed by atoms with E-state index in [-0.39, 0.29) is 6.04 Å². The van der Waals surface area contributed by atoms with Crippen molar-refractivity contribution in [1.82, 2.24) is 5.32 Å². The van der Waals surface area contributed by atoms with Gasteiger partial charge in [-0.1, -0.05) is 23.7 Å². The molecule has 4 heteroatoms. The highest BCUT2D eigenvalue weighted by molar-refractivity contribution is 6.30. The third-order valence-electron chi connectivity index (χ3n) is 1.92. The normalized spacial score (nSPS) is 12.7. The van der Waals surface area contributed by atoms with Gasteiger partial charge in [0.25, 0.3) is 0 Å². The summed E-state index contributed by atoms with van der Waals surface area (Å²) in [5, 5.41) is 12.0. The van der Waals surface area contributed by atoms with Crippen molar-refractivity contribution in [1.29, 1.82) is 0 Å². The summed E-state index contributed by atoms with van der Waals surface area (Å²) in [4.78, 5) is 10.2. The first-order valence-corrected chi connectivity index (χ1v) is 4.88. The van der Waals surface area contributed by atoms with Crippen LogP contribution in [0.1, 0.15) is 18.5 Å². The maximum Gasteiger partial charge on any atom is 0.329 e. The Balaban J connectivity index is 2.61. The first-order valence-electron chi connectivity index (χ1n) is 4.50. The van der Waals surface area contributed by atoms with Crippen molar-refractivity contribution in [2.45, 2.75) is 13.0 Å². The Bertz CT molecular complexity index is 377. The van der Waals surface area contributed by atoms with Crippen LogP contribution in [-0.4, -0.2) is 11.1 Å². The van der Waals surface area contributed by atoms with Crippen LogP contribution in [0.2, 0.25) is 5.02 Å². The van der Waals surface area contributed by atoms with E-state index < -0.39 is 5.97 Å². The maximum atomic E-state index is 10.2. The van der Waals surface area contributed by atoms with E-state index in [4.69, 9.17) is 16.7 Å². The van der Waals surface area contributed by atoms with Crippen LogP contribution in [0, 0.1) is 0 Å². The number of rotatable bonds is 4. The standard InChI is InChI=1S/C11H12ClNO2/c1-8(13-6-5-11(14)15)9-3-2-4-10(12)7-9/h2-8,13H,1H3,(H,14,15)/b6-5+. The molecule has 15 heavy (non-hydrogen) atoms. The van der Waals surface area contributed by atoms with Gasteiger partial charge in [0.2, 0.25) is 0 Å². The molecule has 1 unspecified atom stereocenters. The lowest BCUT2D eigenvalue weighted by Crippen LogP contribution is -2.12. The average molecular weight is 226 g/mol. The molecule has 1 rings (SSSR count). The summed E-state index contributed by atoms with van der Waals surface area (Å²) in [6.45, 7) is 1.93. The molecule has 0 bridgehead atoms. The molecule has 0 fully saturated rings. The van der Waals surface area contributed by atoms with Crippen molar-refractivity contribution in [3.05, 3.63) is 47.1 Å². The molecule has 1 aromatic rings. The van der Waals surface area contributed by atoms with Crippen LogP contribution in [0.3, 0.4) is 0 Å². The van der Waals surface area contributed by atoms with Gasteiger partial charge in [-0.05, 0) is 24.6 Å². The summed E-state index contributed by atoms with van der Waals surface area (Å²) in [6.07, 6.45) is 2.47. The first kappa shape index (κ1) is 11.6. The number of carboxylic acid groups (broad SMARTS) is 1. The fourth-order valence-corrected chi connectivity index (χ4v) is 1.33. The van der Waals surface area contributed by atoms with Crippen LogP contribution in [-0.2, 0) is 4.79 Å². The average Bonchev–Trinajstić information content (AvgIpc) is 2.17. The van der Waals surface area contributed by atoms with Crippen molar-refractivity contribution in [2.24, 2.45) is 0 Å². The minimum absolute atomic E-state index is 0.0271. The van der Waals surface area contributed by atoms with Gasteiger partial charge in [0.15, 0.2) is 0 Å². The predicted molar refractivity (Wildman–Crippen MR) is 59.8 cm³/mol. The van der Waals surface area contributed by atoms with Crippen LogP contribution in [0.15, 0.2) is 36.5 Å². The van der Waals surface area contributed by atoms with Gasteiger partial charge in [0.05, 0.1) is 0 Å². The van der Waals surface area contributed by atoms with Gasteiger partial charge in [-0.2, -0.15) is 0 Å². The molecule has 0 aliphatic carbocycles. The number of nitrogens with one attached hydrogen (secondary N) is 1. The monoisotopic (exact) mass is 225 g/mol. The molecule has 1 atom stereocenters. The van der Waals surface area contributed by atoms with Crippen LogP contribution < -0.4 is 5.32 Å². The highest BCUT2D eigenvalue weighted by Gasteiger charge is 2.02. The smallest absolute Gasteiger partial charge is 0.329 e. The van der Waals surface area contributed by atoms with Gasteiger partial charge < -0.3 is 10.4 Å². The molecule has 0 heterocycles. The molecule has 2 N–H and O–H groups in total. The molecule has 1 aromatic carbocycles. The van der Waals surface area contributed by atoms with Crippen molar-refractivity contribution in [3.63, 3.8) is 0 Å². The van der Waals surface area contributed by atoms with Gasteiger partial charge in [-0.15, -0.1) is 0 Å². The molecule has 80 valence electrons. The van der Waals surface area contributed by atoms with Gasteiger partial charge in [0.1, 0.15) is 0 Å². The fourth-order valence-electron chi connectivity index (χ4n) is 1.14. The Morgan fingerprint density at radius 3 is 2.93 bits per heavy atom. The molecule has 0 aromatic heterocycles. The summed E-state index contributed by atoms with van der Waals surface area (Å²) < 4.78 is 0. The van der Waals surface area contributed by atoms with E-state index in [1.807, 2.05) is 25.1 Å². The van der Waals surface area contributed by atoms with Crippen LogP contribution in [0.5, 0.6) is 0 Å². The number of halogens is 1. The minimum atomic E-state index is -0.971. The summed E-state index contributed by atoms with van der Waals surface area (Å²) >= 11 is 5.83. The van der Waals surface area contributed by atoms with E-state index >= 15 is 0 Å². The SMILES string of the molecule is CC(N/C=C/C(=O)O)c1cccc(Cl)c1. The highest BCUT2D eigenvalue weighted by Crippen LogP contribution is 2.16. The Labute approximate surface area is 93.4 Å². The molecule has 0 saturated heterocycles. The minimum Gasteiger partial charge on any atom is -0.478 e. The Hall–Kier alpha value is -1.48. The number of aliphatic carboxylic acids is 1. The van der Waals surface area contributed by atoms with Crippen molar-refractivity contribution in [3.8, 4) is 0 Å². The van der Waals surface area contributed by atoms with Crippen molar-refractivity contribution >= 4 is 17.6 Å². The number of hydrogen-bond acceptors (Lipinski definition) is 2. The van der Waals surface area contributed by atoms with E-state index in [0.29, 0.717) is 5.02 Å². The Kier molecular flexibility index (Phi) is 4.18. The second-order valence-corrected chi connectivity index (χ2v) is 3.55. The van der Waals surface area contributed by atoms with Crippen LogP contribution in [0.25, 0.3) is 0 Å². The lowest BCUT2D eigenvalue weighted by Gasteiger charge is -2.11. The zero-order chi connectivity index (χ0) is 11.3. The lowest BCUT2D eigenvalue weighted by molar-refractivity contribution is -0.131. The number of hydrogen-bond donors (Lipinski definition) is 2. The first-order chi connectivity index (χ1) is 7.09. The van der Waals surface area contributed by atoms with Crippen LogP contribution in [0.4, 0.5) is 0 Å². The molecule has 0 saturated carbocycles. The molecule has 0 radical (unpaired) electrons. The lowest BCUT2D eigenvalue weighted by atomic mass is 10.1. The molecule has 0 amide bonds. The summed E-state index contributed by atoms with van der Waals surface area (Å²) in [6, 6.07) is 7.45. The summed E-state index contributed by atoms with van der Waals surface area (Å²) in [7, 11) is 0. The molecular weight excluding hydrogens is 214 g/mol. The van der Waals surface area contributed by atoms with E-state index in [1.165, 1.54) is 6.20 Å². The topological polar surface area (TPSA) is 49.3 Å². The van der Waals surface area contributed by atoms with Gasteiger partial charge in [-0.25, -0.2) is 4.79 Å². The van der Waals surface area contributed by atoms with E-state index in [0.717, 1.165) is 11.6 Å². The zero-order valence-corrected chi connectivity index (χ0v) is 9.03. The fraction of sp³-hybridized carbons (Fsp3) is 0.182. The molecular formula is C11H12ClNO2. The van der Waals surface area contributed by atoms with Gasteiger partial charge in [-0.3, -0.25) is 0 Å². The molecule has 0 aliphatic heterocycles. The van der Waals surface area contributed by atoms with E-state index in [1.54, 1.807) is 6.07 Å². The summed E-state index contributed by atoms with van der Waals surface area (Å²) in [5.41, 5.74) is 1.01. The van der Waals surface area contributed by atoms with Crippen molar-refractivity contribution < 1.29 is 9.90 Å². The predicted octanol–water partition coefficient (Wildman–Crippen LogP) is 2.59. The maximum absolute atomic E-state index is 10.2. The zero-order valence-electron chi connectivity index (χ0n) is 8.27. The third-order valence-corrected chi connectivity index (χ3v) is 2.16. The summed E-state index contributed by atoms with van der Waals surface area (Å²) in [5.74, 6) is -0.971. The number of carbonyl (C=O) groups is 1. The quantitative estimate of drug-likeness (QED) is 0.775. The van der Waals surface area contributed by atoms with E-state index in [2.05, 4.69) is 5.32 Å². The number of benzene rings is 1. The second kappa shape index (κ2) is 5.41. The third kappa shape index (κ3) is 4.04. The molecule has 0 spiro atoms. The number of carboxylic acids is 1. The van der Waals surface area contributed by atoms with Crippen molar-refractivity contribution in [2.75, 3.05) is 0 Å². The molecule has 0 aliphatic rings. The van der Waals surface area contributed by atoms with E-state index in [9.17, 15) is 4.79 Å².